The smallest absolute Gasteiger partial charge is 0.212 e. The van der Waals surface area contributed by atoms with Crippen LogP contribution in [0.4, 0.5) is 0 Å². The Kier molecular flexibility index (Phi) is 6.48. The normalized spacial score (nSPS) is 11.4. The Bertz CT molecular complexity index is 209. The largest absolute Gasteiger partial charge is 0.232 e. The van der Waals surface area contributed by atoms with E-state index in [9.17, 15) is 8.42 Å². The molecule has 0 spiro atoms. The lowest BCUT2D eigenvalue weighted by Crippen LogP contribution is -1.96. The lowest BCUT2D eigenvalue weighted by Gasteiger charge is -1.96. The molecule has 12 heavy (non-hydrogen) atoms. The molecule has 0 fully saturated rings. The molecule has 0 aromatic rings. The molecule has 0 radical (unpaired) electrons. The van der Waals surface area contributed by atoms with Crippen LogP contribution in [0.5, 0.6) is 0 Å². The third kappa shape index (κ3) is 9.98. The number of allylic oxidation sites excluding steroid dienone is 1. The Balaban J connectivity index is 3.17. The number of hydrogen-bond acceptors (Lipinski definition) is 2. The Hall–Kier alpha value is -0.0200. The molecule has 0 aliphatic rings. The molecule has 0 amide bonds. The highest BCUT2D eigenvalue weighted by Crippen LogP contribution is 2.06. The monoisotopic (exact) mass is 210 g/mol. The minimum Gasteiger partial charge on any atom is -0.212 e. The van der Waals surface area contributed by atoms with Crippen LogP contribution in [0.15, 0.2) is 12.7 Å². The summed E-state index contributed by atoms with van der Waals surface area (Å²) in [5, 5.41) is 0. The first-order valence-electron chi connectivity index (χ1n) is 4.09. The van der Waals surface area contributed by atoms with E-state index in [1.165, 1.54) is 0 Å². The zero-order valence-corrected chi connectivity index (χ0v) is 8.70. The molecule has 72 valence electrons. The molecule has 0 aromatic carbocycles. The molecule has 0 N–H and O–H groups in total. The number of unbranched alkanes of at least 4 members (excludes halogenated alkanes) is 4. The van der Waals surface area contributed by atoms with Gasteiger partial charge in [0.2, 0.25) is 9.05 Å². The van der Waals surface area contributed by atoms with Crippen molar-refractivity contribution in [2.45, 2.75) is 32.1 Å². The molecule has 2 nitrogen and oxygen atoms in total. The van der Waals surface area contributed by atoms with Crippen molar-refractivity contribution < 1.29 is 8.42 Å². The van der Waals surface area contributed by atoms with E-state index in [2.05, 4.69) is 6.58 Å². The van der Waals surface area contributed by atoms with Gasteiger partial charge in [-0.15, -0.1) is 6.58 Å². The van der Waals surface area contributed by atoms with Crippen LogP contribution in [0.1, 0.15) is 32.1 Å². The topological polar surface area (TPSA) is 34.1 Å². The van der Waals surface area contributed by atoms with Crippen molar-refractivity contribution in [2.24, 2.45) is 0 Å². The van der Waals surface area contributed by atoms with Gasteiger partial charge in [0.05, 0.1) is 5.75 Å². The highest BCUT2D eigenvalue weighted by molar-refractivity contribution is 8.13. The fraction of sp³-hybridized carbons (Fsp3) is 0.750. The standard InChI is InChI=1S/C8H15ClO2S/c1-2-3-4-5-6-7-8-12(9,10)11/h2H,1,3-8H2. The van der Waals surface area contributed by atoms with Crippen molar-refractivity contribution in [3.63, 3.8) is 0 Å². The molecule has 0 saturated carbocycles. The van der Waals surface area contributed by atoms with E-state index in [0.29, 0.717) is 6.42 Å². The van der Waals surface area contributed by atoms with Crippen LogP contribution >= 0.6 is 10.7 Å². The van der Waals surface area contributed by atoms with Crippen LogP contribution < -0.4 is 0 Å². The second kappa shape index (κ2) is 6.49. The molecule has 0 heterocycles. The summed E-state index contributed by atoms with van der Waals surface area (Å²) in [6.07, 6.45) is 6.62. The van der Waals surface area contributed by atoms with Gasteiger partial charge in [-0.1, -0.05) is 18.9 Å². The van der Waals surface area contributed by atoms with Gasteiger partial charge >= 0.3 is 0 Å². The number of rotatable bonds is 7. The predicted octanol–water partition coefficient (Wildman–Crippen LogP) is 2.69. The zero-order chi connectivity index (χ0) is 9.45. The fourth-order valence-electron chi connectivity index (χ4n) is 0.917. The van der Waals surface area contributed by atoms with Crippen molar-refractivity contribution in [3.05, 3.63) is 12.7 Å². The molecule has 0 aliphatic carbocycles. The van der Waals surface area contributed by atoms with Crippen molar-refractivity contribution in [1.82, 2.24) is 0 Å². The van der Waals surface area contributed by atoms with Crippen molar-refractivity contribution in [1.29, 1.82) is 0 Å². The second-order valence-electron chi connectivity index (χ2n) is 2.73. The Morgan fingerprint density at radius 3 is 2.25 bits per heavy atom. The van der Waals surface area contributed by atoms with Crippen LogP contribution in [-0.2, 0) is 9.05 Å². The SMILES string of the molecule is C=CCCCCCCS(=O)(=O)Cl. The summed E-state index contributed by atoms with van der Waals surface area (Å²) < 4.78 is 20.9. The Morgan fingerprint density at radius 1 is 1.17 bits per heavy atom. The van der Waals surface area contributed by atoms with Gasteiger partial charge in [-0.2, -0.15) is 0 Å². The molecular formula is C8H15ClO2S. The summed E-state index contributed by atoms with van der Waals surface area (Å²) in [6, 6.07) is 0. The summed E-state index contributed by atoms with van der Waals surface area (Å²) >= 11 is 0. The van der Waals surface area contributed by atoms with Gasteiger partial charge in [-0.3, -0.25) is 0 Å². The fourth-order valence-corrected chi connectivity index (χ4v) is 1.79. The molecular weight excluding hydrogens is 196 g/mol. The van der Waals surface area contributed by atoms with E-state index < -0.39 is 9.05 Å². The highest BCUT2D eigenvalue weighted by atomic mass is 35.7. The van der Waals surface area contributed by atoms with Crippen molar-refractivity contribution in [3.8, 4) is 0 Å². The molecule has 0 rings (SSSR count). The maximum Gasteiger partial charge on any atom is 0.232 e. The second-order valence-corrected chi connectivity index (χ2v) is 5.63. The Morgan fingerprint density at radius 2 is 1.75 bits per heavy atom. The molecule has 4 heteroatoms. The van der Waals surface area contributed by atoms with Crippen LogP contribution in [0.3, 0.4) is 0 Å². The summed E-state index contributed by atoms with van der Waals surface area (Å²) in [7, 11) is 1.76. The van der Waals surface area contributed by atoms with Crippen LogP contribution in [0.25, 0.3) is 0 Å². The van der Waals surface area contributed by atoms with Crippen LogP contribution in [0.2, 0.25) is 0 Å². The predicted molar refractivity (Wildman–Crippen MR) is 52.9 cm³/mol. The molecule has 0 atom stereocenters. The zero-order valence-electron chi connectivity index (χ0n) is 7.13. The lowest BCUT2D eigenvalue weighted by molar-refractivity contribution is 0.601. The summed E-state index contributed by atoms with van der Waals surface area (Å²) in [5.74, 6) is 0.0998. The first kappa shape index (κ1) is 12.0. The molecule has 0 bridgehead atoms. The van der Waals surface area contributed by atoms with Crippen molar-refractivity contribution in [2.75, 3.05) is 5.75 Å². The van der Waals surface area contributed by atoms with E-state index in [-0.39, 0.29) is 5.75 Å². The van der Waals surface area contributed by atoms with Gasteiger partial charge in [0.25, 0.3) is 0 Å². The van der Waals surface area contributed by atoms with E-state index in [0.717, 1.165) is 25.7 Å². The first-order chi connectivity index (χ1) is 5.56. The van der Waals surface area contributed by atoms with Crippen LogP contribution in [0, 0.1) is 0 Å². The van der Waals surface area contributed by atoms with Crippen LogP contribution in [-0.4, -0.2) is 14.2 Å². The number of hydrogen-bond donors (Lipinski definition) is 0. The average Bonchev–Trinajstić information content (AvgIpc) is 1.94. The molecule has 0 saturated heterocycles. The summed E-state index contributed by atoms with van der Waals surface area (Å²) in [5.41, 5.74) is 0. The van der Waals surface area contributed by atoms with Gasteiger partial charge in [0.15, 0.2) is 0 Å². The van der Waals surface area contributed by atoms with E-state index in [1.807, 2.05) is 6.08 Å². The maximum absolute atomic E-state index is 10.5. The quantitative estimate of drug-likeness (QED) is 0.368. The maximum atomic E-state index is 10.5. The lowest BCUT2D eigenvalue weighted by atomic mass is 10.2. The highest BCUT2D eigenvalue weighted by Gasteiger charge is 2.02. The minimum absolute atomic E-state index is 0.0998. The van der Waals surface area contributed by atoms with Gasteiger partial charge in [-0.25, -0.2) is 8.42 Å². The van der Waals surface area contributed by atoms with Crippen molar-refractivity contribution >= 4 is 19.7 Å². The third-order valence-corrected chi connectivity index (χ3v) is 2.79. The van der Waals surface area contributed by atoms with Gasteiger partial charge in [0, 0.05) is 10.7 Å². The number of halogens is 1. The van der Waals surface area contributed by atoms with E-state index >= 15 is 0 Å². The molecule has 0 aromatic heterocycles. The first-order valence-corrected chi connectivity index (χ1v) is 6.57. The van der Waals surface area contributed by atoms with E-state index in [4.69, 9.17) is 10.7 Å². The molecule has 0 unspecified atom stereocenters. The van der Waals surface area contributed by atoms with Gasteiger partial charge < -0.3 is 0 Å². The van der Waals surface area contributed by atoms with Gasteiger partial charge in [-0.05, 0) is 19.3 Å². The average molecular weight is 211 g/mol. The third-order valence-electron chi connectivity index (χ3n) is 1.55. The summed E-state index contributed by atoms with van der Waals surface area (Å²) in [6.45, 7) is 3.60. The summed E-state index contributed by atoms with van der Waals surface area (Å²) in [4.78, 5) is 0. The van der Waals surface area contributed by atoms with Gasteiger partial charge in [0.1, 0.15) is 0 Å². The molecule has 0 aliphatic heterocycles. The Labute approximate surface area is 79.0 Å². The van der Waals surface area contributed by atoms with E-state index in [1.54, 1.807) is 0 Å². The minimum atomic E-state index is -3.26.